The number of hydrogen-bond acceptors (Lipinski definition) is 4. The average molecular weight is 453 g/mol. The number of carbonyl (C=O) groups excluding carboxylic acids is 2. The number of nitrogens with zero attached hydrogens (tertiary/aromatic N) is 1. The van der Waals surface area contributed by atoms with Crippen LogP contribution in [0.1, 0.15) is 50.3 Å². The Hall–Kier alpha value is -2.44. The maximum atomic E-state index is 12.8. The van der Waals surface area contributed by atoms with E-state index >= 15 is 0 Å². The summed E-state index contributed by atoms with van der Waals surface area (Å²) < 4.78 is 0.543. The fraction of sp³-hybridized carbons (Fsp3) is 0.320. The smallest absolute Gasteiger partial charge is 0.266 e. The molecule has 1 aliphatic rings. The van der Waals surface area contributed by atoms with Gasteiger partial charge in [0.25, 0.3) is 5.91 Å². The van der Waals surface area contributed by atoms with E-state index in [1.165, 1.54) is 17.3 Å². The van der Waals surface area contributed by atoms with E-state index in [9.17, 15) is 9.59 Å². The molecular formula is C25H28N2O2S2. The van der Waals surface area contributed by atoms with Crippen molar-refractivity contribution in [2.24, 2.45) is 0 Å². The summed E-state index contributed by atoms with van der Waals surface area (Å²) in [6.07, 6.45) is 2.77. The van der Waals surface area contributed by atoms with E-state index in [0.717, 1.165) is 16.8 Å². The van der Waals surface area contributed by atoms with Gasteiger partial charge >= 0.3 is 0 Å². The molecule has 0 saturated carbocycles. The molecule has 162 valence electrons. The molecule has 6 heteroatoms. The summed E-state index contributed by atoms with van der Waals surface area (Å²) >= 11 is 6.73. The zero-order chi connectivity index (χ0) is 22.6. The van der Waals surface area contributed by atoms with Gasteiger partial charge in [0.05, 0.1) is 4.91 Å². The zero-order valence-electron chi connectivity index (χ0n) is 18.4. The number of nitrogens with one attached hydrogen (secondary N) is 1. The predicted molar refractivity (Wildman–Crippen MR) is 134 cm³/mol. The van der Waals surface area contributed by atoms with Gasteiger partial charge in [0, 0.05) is 18.7 Å². The van der Waals surface area contributed by atoms with Crippen molar-refractivity contribution in [3.05, 3.63) is 70.1 Å². The van der Waals surface area contributed by atoms with Gasteiger partial charge in [-0.3, -0.25) is 14.5 Å². The second-order valence-electron chi connectivity index (χ2n) is 8.67. The molecule has 3 rings (SSSR count). The Labute approximate surface area is 194 Å². The molecule has 0 atom stereocenters. The Morgan fingerprint density at radius 2 is 1.81 bits per heavy atom. The van der Waals surface area contributed by atoms with Crippen LogP contribution in [-0.2, 0) is 15.0 Å². The molecule has 31 heavy (non-hydrogen) atoms. The summed E-state index contributed by atoms with van der Waals surface area (Å²) in [5.41, 5.74) is 4.16. The van der Waals surface area contributed by atoms with Crippen LogP contribution in [0, 0.1) is 6.92 Å². The third-order valence-corrected chi connectivity index (χ3v) is 6.53. The Balaban J connectivity index is 1.56. The van der Waals surface area contributed by atoms with Crippen molar-refractivity contribution in [3.63, 3.8) is 0 Å². The summed E-state index contributed by atoms with van der Waals surface area (Å²) in [7, 11) is 0. The molecule has 0 spiro atoms. The summed E-state index contributed by atoms with van der Waals surface area (Å²) in [4.78, 5) is 27.3. The molecule has 1 heterocycles. The SMILES string of the molecule is Cc1ccccc1NC(=O)CCCN1C(=O)/C(=C/c2ccc(C(C)(C)C)cc2)SC1=S. The molecule has 2 aromatic rings. The van der Waals surface area contributed by atoms with Crippen LogP contribution in [0.3, 0.4) is 0 Å². The fourth-order valence-electron chi connectivity index (χ4n) is 3.25. The van der Waals surface area contributed by atoms with Crippen LogP contribution in [-0.4, -0.2) is 27.6 Å². The van der Waals surface area contributed by atoms with E-state index in [0.29, 0.717) is 28.6 Å². The van der Waals surface area contributed by atoms with Crippen LogP contribution in [0.5, 0.6) is 0 Å². The minimum Gasteiger partial charge on any atom is -0.326 e. The third kappa shape index (κ3) is 6.05. The highest BCUT2D eigenvalue weighted by atomic mass is 32.2. The quantitative estimate of drug-likeness (QED) is 0.437. The number of para-hydroxylation sites is 1. The lowest BCUT2D eigenvalue weighted by Gasteiger charge is -2.18. The summed E-state index contributed by atoms with van der Waals surface area (Å²) in [6, 6.07) is 15.9. The number of carbonyl (C=O) groups is 2. The van der Waals surface area contributed by atoms with Gasteiger partial charge in [-0.2, -0.15) is 0 Å². The average Bonchev–Trinajstić information content (AvgIpc) is 2.97. The van der Waals surface area contributed by atoms with E-state index in [-0.39, 0.29) is 17.2 Å². The van der Waals surface area contributed by atoms with Crippen molar-refractivity contribution in [1.29, 1.82) is 0 Å². The van der Waals surface area contributed by atoms with Gasteiger partial charge in [-0.05, 0) is 47.6 Å². The van der Waals surface area contributed by atoms with Gasteiger partial charge in [0.1, 0.15) is 4.32 Å². The third-order valence-electron chi connectivity index (χ3n) is 5.15. The lowest BCUT2D eigenvalue weighted by Crippen LogP contribution is -2.29. The number of anilines is 1. The topological polar surface area (TPSA) is 49.4 Å². The second kappa shape index (κ2) is 9.79. The van der Waals surface area contributed by atoms with Gasteiger partial charge in [-0.15, -0.1) is 0 Å². The molecule has 0 aromatic heterocycles. The molecule has 2 amide bonds. The molecular weight excluding hydrogens is 424 g/mol. The van der Waals surface area contributed by atoms with Crippen LogP contribution < -0.4 is 5.32 Å². The monoisotopic (exact) mass is 452 g/mol. The number of amides is 2. The number of thioether (sulfide) groups is 1. The fourth-order valence-corrected chi connectivity index (χ4v) is 4.56. The molecule has 0 radical (unpaired) electrons. The van der Waals surface area contributed by atoms with E-state index < -0.39 is 0 Å². The summed E-state index contributed by atoms with van der Waals surface area (Å²) in [5, 5.41) is 2.92. The van der Waals surface area contributed by atoms with Crippen LogP contribution >= 0.6 is 24.0 Å². The lowest BCUT2D eigenvalue weighted by molar-refractivity contribution is -0.122. The first-order valence-corrected chi connectivity index (χ1v) is 11.6. The highest BCUT2D eigenvalue weighted by Crippen LogP contribution is 2.33. The number of benzene rings is 2. The first-order valence-electron chi connectivity index (χ1n) is 10.4. The van der Waals surface area contributed by atoms with Gasteiger partial charge in [0.15, 0.2) is 0 Å². The standard InChI is InChI=1S/C25H28N2O2S2/c1-17-8-5-6-9-20(17)26-22(28)10-7-15-27-23(29)21(31-24(27)30)16-18-11-13-19(14-12-18)25(2,3)4/h5-6,8-9,11-14,16H,7,10,15H2,1-4H3,(H,26,28)/b21-16-. The summed E-state index contributed by atoms with van der Waals surface area (Å²) in [6.45, 7) is 8.92. The van der Waals surface area contributed by atoms with Crippen LogP contribution in [0.15, 0.2) is 53.4 Å². The summed E-state index contributed by atoms with van der Waals surface area (Å²) in [5.74, 6) is -0.150. The lowest BCUT2D eigenvalue weighted by atomic mass is 9.87. The van der Waals surface area contributed by atoms with Crippen molar-refractivity contribution in [3.8, 4) is 0 Å². The number of aryl methyl sites for hydroxylation is 1. The molecule has 1 fully saturated rings. The number of rotatable bonds is 6. The van der Waals surface area contributed by atoms with Crippen molar-refractivity contribution in [2.45, 2.75) is 46.0 Å². The molecule has 1 N–H and O–H groups in total. The van der Waals surface area contributed by atoms with E-state index in [1.807, 2.05) is 49.4 Å². The van der Waals surface area contributed by atoms with Gasteiger partial charge in [-0.25, -0.2) is 0 Å². The molecule has 1 aliphatic heterocycles. The normalized spacial score (nSPS) is 15.6. The highest BCUT2D eigenvalue weighted by molar-refractivity contribution is 8.26. The number of hydrogen-bond donors (Lipinski definition) is 1. The number of thiocarbonyl (C=S) groups is 1. The molecule has 0 unspecified atom stereocenters. The molecule has 2 aromatic carbocycles. The predicted octanol–water partition coefficient (Wildman–Crippen LogP) is 5.91. The zero-order valence-corrected chi connectivity index (χ0v) is 20.0. The van der Waals surface area contributed by atoms with Crippen molar-refractivity contribution in [2.75, 3.05) is 11.9 Å². The van der Waals surface area contributed by atoms with Gasteiger partial charge < -0.3 is 5.32 Å². The molecule has 1 saturated heterocycles. The second-order valence-corrected chi connectivity index (χ2v) is 10.3. The maximum Gasteiger partial charge on any atom is 0.266 e. The molecule has 0 bridgehead atoms. The van der Waals surface area contributed by atoms with E-state index in [2.05, 4.69) is 38.2 Å². The molecule has 4 nitrogen and oxygen atoms in total. The van der Waals surface area contributed by atoms with Gasteiger partial charge in [0.2, 0.25) is 5.91 Å². The van der Waals surface area contributed by atoms with Crippen molar-refractivity contribution >= 4 is 51.9 Å². The first-order chi connectivity index (χ1) is 14.6. The van der Waals surface area contributed by atoms with Crippen LogP contribution in [0.2, 0.25) is 0 Å². The van der Waals surface area contributed by atoms with Crippen LogP contribution in [0.25, 0.3) is 6.08 Å². The highest BCUT2D eigenvalue weighted by Gasteiger charge is 2.31. The minimum absolute atomic E-state index is 0.0609. The van der Waals surface area contributed by atoms with Crippen molar-refractivity contribution < 1.29 is 9.59 Å². The minimum atomic E-state index is -0.0887. The maximum absolute atomic E-state index is 12.8. The largest absolute Gasteiger partial charge is 0.326 e. The van der Waals surface area contributed by atoms with E-state index in [4.69, 9.17) is 12.2 Å². The van der Waals surface area contributed by atoms with Crippen LogP contribution in [0.4, 0.5) is 5.69 Å². The van der Waals surface area contributed by atoms with E-state index in [1.54, 1.807) is 4.90 Å². The molecule has 0 aliphatic carbocycles. The first kappa shape index (κ1) is 23.2. The van der Waals surface area contributed by atoms with Gasteiger partial charge in [-0.1, -0.05) is 87.2 Å². The Morgan fingerprint density at radius 3 is 2.45 bits per heavy atom. The van der Waals surface area contributed by atoms with Crippen molar-refractivity contribution in [1.82, 2.24) is 4.90 Å². The Kier molecular flexibility index (Phi) is 7.34. The Bertz CT molecular complexity index is 1020. The Morgan fingerprint density at radius 1 is 1.13 bits per heavy atom.